The van der Waals surface area contributed by atoms with E-state index in [1.165, 1.54) is 21.7 Å². The molecule has 1 fully saturated rings. The number of rotatable bonds is 3. The van der Waals surface area contributed by atoms with Crippen LogP contribution in [0.3, 0.4) is 0 Å². The van der Waals surface area contributed by atoms with E-state index < -0.39 is 10.0 Å². The zero-order valence-electron chi connectivity index (χ0n) is 16.0. The van der Waals surface area contributed by atoms with Crippen LogP contribution in [0.1, 0.15) is 35.6 Å². The molecule has 0 radical (unpaired) electrons. The van der Waals surface area contributed by atoms with Crippen molar-refractivity contribution in [2.24, 2.45) is 5.92 Å². The van der Waals surface area contributed by atoms with Gasteiger partial charge < -0.3 is 4.90 Å². The highest BCUT2D eigenvalue weighted by atomic mass is 32.2. The summed E-state index contributed by atoms with van der Waals surface area (Å²) in [5.41, 5.74) is 3.51. The number of fused-ring (bicyclic) bond motifs is 1. The monoisotopic (exact) mass is 399 g/mol. The Kier molecular flexibility index (Phi) is 5.21. The van der Waals surface area contributed by atoms with E-state index in [1.54, 1.807) is 12.4 Å². The predicted molar refractivity (Wildman–Crippen MR) is 107 cm³/mol. The summed E-state index contributed by atoms with van der Waals surface area (Å²) < 4.78 is 25.0. The maximum atomic E-state index is 13.4. The minimum Gasteiger partial charge on any atom is -0.331 e. The summed E-state index contributed by atoms with van der Waals surface area (Å²) in [6, 6.07) is 12.1. The molecule has 0 spiro atoms. The second-order valence-corrected chi connectivity index (χ2v) is 9.58. The van der Waals surface area contributed by atoms with Crippen LogP contribution in [0.25, 0.3) is 0 Å². The van der Waals surface area contributed by atoms with Crippen molar-refractivity contribution >= 4 is 15.9 Å². The SMILES string of the molecule is CS(=O)(=O)N1CCC(C(=O)N2CCc3ccccc3C2c2ccncc2)CC1. The minimum absolute atomic E-state index is 0.117. The molecule has 1 saturated heterocycles. The summed E-state index contributed by atoms with van der Waals surface area (Å²) in [4.78, 5) is 19.6. The summed E-state index contributed by atoms with van der Waals surface area (Å²) in [6.45, 7) is 1.51. The average molecular weight is 400 g/mol. The molecule has 7 heteroatoms. The second kappa shape index (κ2) is 7.64. The molecule has 2 aliphatic heterocycles. The van der Waals surface area contributed by atoms with Crippen molar-refractivity contribution in [1.82, 2.24) is 14.2 Å². The molecule has 0 aliphatic carbocycles. The second-order valence-electron chi connectivity index (χ2n) is 7.60. The van der Waals surface area contributed by atoms with Crippen LogP contribution in [0.2, 0.25) is 0 Å². The van der Waals surface area contributed by atoms with Crippen molar-refractivity contribution in [3.63, 3.8) is 0 Å². The zero-order valence-corrected chi connectivity index (χ0v) is 16.8. The first-order valence-corrected chi connectivity index (χ1v) is 11.5. The molecule has 2 aromatic rings. The van der Waals surface area contributed by atoms with Gasteiger partial charge in [-0.1, -0.05) is 24.3 Å². The molecule has 1 amide bonds. The Morgan fingerprint density at radius 1 is 1.04 bits per heavy atom. The molecule has 28 heavy (non-hydrogen) atoms. The Labute approximate surface area is 166 Å². The van der Waals surface area contributed by atoms with E-state index in [-0.39, 0.29) is 17.9 Å². The molecule has 0 saturated carbocycles. The van der Waals surface area contributed by atoms with Gasteiger partial charge in [-0.3, -0.25) is 9.78 Å². The van der Waals surface area contributed by atoms with Crippen LogP contribution in [0.4, 0.5) is 0 Å². The minimum atomic E-state index is -3.19. The molecule has 3 heterocycles. The first-order chi connectivity index (χ1) is 13.4. The fraction of sp³-hybridized carbons (Fsp3) is 0.429. The van der Waals surface area contributed by atoms with E-state index >= 15 is 0 Å². The van der Waals surface area contributed by atoms with Crippen LogP contribution >= 0.6 is 0 Å². The number of hydrogen-bond acceptors (Lipinski definition) is 4. The number of nitrogens with zero attached hydrogens (tertiary/aromatic N) is 3. The molecule has 4 rings (SSSR count). The molecule has 2 aliphatic rings. The number of benzene rings is 1. The third kappa shape index (κ3) is 3.69. The Hall–Kier alpha value is -2.25. The highest BCUT2D eigenvalue weighted by molar-refractivity contribution is 7.88. The number of amides is 1. The number of pyridine rings is 1. The van der Waals surface area contributed by atoms with E-state index in [9.17, 15) is 13.2 Å². The van der Waals surface area contributed by atoms with Gasteiger partial charge in [0, 0.05) is 37.9 Å². The number of piperidine rings is 1. The largest absolute Gasteiger partial charge is 0.331 e. The van der Waals surface area contributed by atoms with E-state index in [0.29, 0.717) is 32.5 Å². The average Bonchev–Trinajstić information content (AvgIpc) is 2.72. The first kappa shape index (κ1) is 19.1. The maximum absolute atomic E-state index is 13.4. The third-order valence-electron chi connectivity index (χ3n) is 5.86. The summed E-state index contributed by atoms with van der Waals surface area (Å²) in [5, 5.41) is 0. The number of aromatic nitrogens is 1. The van der Waals surface area contributed by atoms with Crippen molar-refractivity contribution in [3.8, 4) is 0 Å². The van der Waals surface area contributed by atoms with Gasteiger partial charge in [0.1, 0.15) is 0 Å². The Morgan fingerprint density at radius 2 is 1.71 bits per heavy atom. The van der Waals surface area contributed by atoms with Crippen LogP contribution < -0.4 is 0 Å². The van der Waals surface area contributed by atoms with Crippen LogP contribution in [0.15, 0.2) is 48.8 Å². The van der Waals surface area contributed by atoms with E-state index in [4.69, 9.17) is 0 Å². The Morgan fingerprint density at radius 3 is 2.39 bits per heavy atom. The normalized spacial score (nSPS) is 21.3. The molecular weight excluding hydrogens is 374 g/mol. The summed E-state index contributed by atoms with van der Waals surface area (Å²) in [7, 11) is -3.19. The maximum Gasteiger partial charge on any atom is 0.226 e. The number of sulfonamides is 1. The van der Waals surface area contributed by atoms with Crippen LogP contribution in [0, 0.1) is 5.92 Å². The highest BCUT2D eigenvalue weighted by Gasteiger charge is 2.37. The number of hydrogen-bond donors (Lipinski definition) is 0. The predicted octanol–water partition coefficient (Wildman–Crippen LogP) is 2.23. The molecule has 148 valence electrons. The first-order valence-electron chi connectivity index (χ1n) is 9.68. The van der Waals surface area contributed by atoms with Gasteiger partial charge in [0.15, 0.2) is 0 Å². The summed E-state index contributed by atoms with van der Waals surface area (Å²) in [5.74, 6) is -0.00272. The molecule has 1 atom stereocenters. The standard InChI is InChI=1S/C21H25N3O3S/c1-28(26,27)23-13-8-18(9-14-23)21(25)24-15-10-16-4-2-3-5-19(16)20(24)17-6-11-22-12-7-17/h2-7,11-12,18,20H,8-10,13-15H2,1H3. The van der Waals surface area contributed by atoms with Crippen molar-refractivity contribution in [1.29, 1.82) is 0 Å². The van der Waals surface area contributed by atoms with Crippen LogP contribution in [-0.4, -0.2) is 54.4 Å². The Balaban J connectivity index is 1.60. The third-order valence-corrected chi connectivity index (χ3v) is 7.16. The lowest BCUT2D eigenvalue weighted by atomic mass is 9.86. The molecule has 0 bridgehead atoms. The molecule has 1 unspecified atom stereocenters. The van der Waals surface area contributed by atoms with Crippen molar-refractivity contribution in [3.05, 3.63) is 65.5 Å². The lowest BCUT2D eigenvalue weighted by Gasteiger charge is -2.41. The topological polar surface area (TPSA) is 70.6 Å². The van der Waals surface area contributed by atoms with Crippen molar-refractivity contribution in [2.45, 2.75) is 25.3 Å². The van der Waals surface area contributed by atoms with E-state index in [0.717, 1.165) is 12.0 Å². The van der Waals surface area contributed by atoms with Gasteiger partial charge in [-0.2, -0.15) is 0 Å². The fourth-order valence-corrected chi connectivity index (χ4v) is 5.25. The lowest BCUT2D eigenvalue weighted by Crippen LogP contribution is -2.47. The van der Waals surface area contributed by atoms with Gasteiger partial charge in [0.2, 0.25) is 15.9 Å². The molecule has 6 nitrogen and oxygen atoms in total. The van der Waals surface area contributed by atoms with Gasteiger partial charge in [-0.25, -0.2) is 12.7 Å². The van der Waals surface area contributed by atoms with Gasteiger partial charge in [0.25, 0.3) is 0 Å². The van der Waals surface area contributed by atoms with Crippen LogP contribution in [0.5, 0.6) is 0 Å². The smallest absolute Gasteiger partial charge is 0.226 e. The molecule has 1 aromatic heterocycles. The van der Waals surface area contributed by atoms with E-state index in [2.05, 4.69) is 17.1 Å². The molecule has 0 N–H and O–H groups in total. The molecule has 1 aromatic carbocycles. The van der Waals surface area contributed by atoms with Gasteiger partial charge in [-0.05, 0) is 48.1 Å². The lowest BCUT2D eigenvalue weighted by molar-refractivity contribution is -0.138. The van der Waals surface area contributed by atoms with Gasteiger partial charge in [0.05, 0.1) is 12.3 Å². The molecular formula is C21H25N3O3S. The number of carbonyl (C=O) groups excluding carboxylic acids is 1. The van der Waals surface area contributed by atoms with Gasteiger partial charge >= 0.3 is 0 Å². The zero-order chi connectivity index (χ0) is 19.7. The Bertz CT molecular complexity index is 954. The quantitative estimate of drug-likeness (QED) is 0.794. The van der Waals surface area contributed by atoms with Gasteiger partial charge in [-0.15, -0.1) is 0 Å². The summed E-state index contributed by atoms with van der Waals surface area (Å²) >= 11 is 0. The van der Waals surface area contributed by atoms with Crippen LogP contribution in [-0.2, 0) is 21.2 Å². The van der Waals surface area contributed by atoms with Crippen molar-refractivity contribution < 1.29 is 13.2 Å². The number of carbonyl (C=O) groups is 1. The fourth-order valence-electron chi connectivity index (χ4n) is 4.38. The van der Waals surface area contributed by atoms with E-state index in [1.807, 2.05) is 29.2 Å². The highest BCUT2D eigenvalue weighted by Crippen LogP contribution is 2.37. The van der Waals surface area contributed by atoms with Crippen molar-refractivity contribution in [2.75, 3.05) is 25.9 Å². The summed E-state index contributed by atoms with van der Waals surface area (Å²) in [6.07, 6.45) is 6.75.